The molecule has 0 fully saturated rings. The molecule has 1 aliphatic rings. The zero-order valence-electron chi connectivity index (χ0n) is 7.46. The van der Waals surface area contributed by atoms with E-state index < -0.39 is 8.80 Å². The highest BCUT2D eigenvalue weighted by molar-refractivity contribution is 6.74. The van der Waals surface area contributed by atoms with Crippen LogP contribution in [0.5, 0.6) is 0 Å². The Balaban J connectivity index is 2.18. The van der Waals surface area contributed by atoms with Gasteiger partial charge in [0.2, 0.25) is 0 Å². The van der Waals surface area contributed by atoms with Crippen molar-refractivity contribution in [2.24, 2.45) is 0 Å². The summed E-state index contributed by atoms with van der Waals surface area (Å²) in [6.45, 7) is 2.15. The lowest BCUT2D eigenvalue weighted by molar-refractivity contribution is 1.48. The lowest BCUT2D eigenvalue weighted by Gasteiger charge is -2.07. The first-order chi connectivity index (χ1) is 5.86. The zero-order valence-corrected chi connectivity index (χ0v) is 8.61. The van der Waals surface area contributed by atoms with Gasteiger partial charge in [-0.25, -0.2) is 0 Å². The molecule has 1 aliphatic heterocycles. The molecular weight excluding hydrogens is 160 g/mol. The van der Waals surface area contributed by atoms with E-state index in [0.29, 0.717) is 0 Å². The summed E-state index contributed by atoms with van der Waals surface area (Å²) in [5.74, 6) is 0. The summed E-state index contributed by atoms with van der Waals surface area (Å²) in [5, 5.41) is 1.63. The van der Waals surface area contributed by atoms with Gasteiger partial charge in [0.15, 0.2) is 0 Å². The third-order valence-corrected chi connectivity index (χ3v) is 5.57. The molecule has 0 N–H and O–H groups in total. The Labute approximate surface area is 75.5 Å². The Morgan fingerprint density at radius 3 is 2.17 bits per heavy atom. The van der Waals surface area contributed by atoms with Crippen LogP contribution >= 0.6 is 0 Å². The van der Waals surface area contributed by atoms with E-state index in [4.69, 9.17) is 0 Å². The van der Waals surface area contributed by atoms with Crippen LogP contribution in [0.15, 0.2) is 36.4 Å². The third kappa shape index (κ3) is 1.51. The molecule has 0 amide bonds. The van der Waals surface area contributed by atoms with Crippen molar-refractivity contribution in [2.45, 2.75) is 19.0 Å². The normalized spacial score (nSPS) is 17.1. The van der Waals surface area contributed by atoms with Crippen molar-refractivity contribution >= 4 is 14.0 Å². The van der Waals surface area contributed by atoms with Crippen LogP contribution in [0, 0.1) is 6.92 Å². The van der Waals surface area contributed by atoms with Gasteiger partial charge in [0.1, 0.15) is 0 Å². The summed E-state index contributed by atoms with van der Waals surface area (Å²) in [6.07, 6.45) is 4.69. The Kier molecular flexibility index (Phi) is 2.13. The Morgan fingerprint density at radius 1 is 1.00 bits per heavy atom. The fourth-order valence-corrected chi connectivity index (χ4v) is 4.24. The Hall–Kier alpha value is -0.823. The van der Waals surface area contributed by atoms with Crippen molar-refractivity contribution in [3.8, 4) is 0 Å². The van der Waals surface area contributed by atoms with Gasteiger partial charge in [-0.3, -0.25) is 0 Å². The molecule has 0 aliphatic carbocycles. The minimum absolute atomic E-state index is 0.571. The minimum atomic E-state index is -0.571. The van der Waals surface area contributed by atoms with Gasteiger partial charge >= 0.3 is 0 Å². The third-order valence-electron chi connectivity index (χ3n) is 2.56. The van der Waals surface area contributed by atoms with Crippen LogP contribution < -0.4 is 5.19 Å². The number of rotatable bonds is 1. The lowest BCUT2D eigenvalue weighted by Crippen LogP contribution is -2.26. The minimum Gasteiger partial charge on any atom is -0.0914 e. The summed E-state index contributed by atoms with van der Waals surface area (Å²) in [4.78, 5) is 0. The largest absolute Gasteiger partial charge is 0.0914 e. The molecule has 0 unspecified atom stereocenters. The van der Waals surface area contributed by atoms with Gasteiger partial charge in [0, 0.05) is 0 Å². The van der Waals surface area contributed by atoms with Gasteiger partial charge in [-0.2, -0.15) is 0 Å². The van der Waals surface area contributed by atoms with Crippen LogP contribution in [0.2, 0.25) is 12.1 Å². The van der Waals surface area contributed by atoms with Crippen LogP contribution in [0.25, 0.3) is 0 Å². The number of aryl methyl sites for hydroxylation is 1. The topological polar surface area (TPSA) is 0 Å². The summed E-state index contributed by atoms with van der Waals surface area (Å²) in [5.41, 5.74) is 1.37. The molecule has 2 rings (SSSR count). The number of hydrogen-bond donors (Lipinski definition) is 0. The van der Waals surface area contributed by atoms with Crippen molar-refractivity contribution in [1.29, 1.82) is 0 Å². The van der Waals surface area contributed by atoms with Gasteiger partial charge < -0.3 is 0 Å². The zero-order chi connectivity index (χ0) is 8.39. The van der Waals surface area contributed by atoms with E-state index in [-0.39, 0.29) is 0 Å². The summed E-state index contributed by atoms with van der Waals surface area (Å²) >= 11 is 0. The molecule has 0 spiro atoms. The molecule has 0 radical (unpaired) electrons. The second kappa shape index (κ2) is 3.28. The van der Waals surface area contributed by atoms with E-state index in [1.54, 1.807) is 5.19 Å². The second-order valence-electron chi connectivity index (χ2n) is 3.55. The van der Waals surface area contributed by atoms with Crippen LogP contribution in [0.3, 0.4) is 0 Å². The van der Waals surface area contributed by atoms with E-state index in [0.717, 1.165) is 0 Å². The van der Waals surface area contributed by atoms with Crippen LogP contribution in [0.1, 0.15) is 5.56 Å². The molecule has 1 heterocycles. The molecular formula is C11H14Si. The SMILES string of the molecule is Cc1ccc([SiH]2CC=CC2)cc1. The molecule has 1 aromatic rings. The van der Waals surface area contributed by atoms with Crippen molar-refractivity contribution in [1.82, 2.24) is 0 Å². The lowest BCUT2D eigenvalue weighted by atomic mass is 10.2. The molecule has 0 atom stereocenters. The fourth-order valence-electron chi connectivity index (χ4n) is 1.73. The Bertz CT molecular complexity index is 276. The first kappa shape index (κ1) is 7.81. The second-order valence-corrected chi connectivity index (χ2v) is 6.55. The highest BCUT2D eigenvalue weighted by atomic mass is 28.3. The first-order valence-electron chi connectivity index (χ1n) is 4.58. The van der Waals surface area contributed by atoms with Gasteiger partial charge in [0.25, 0.3) is 0 Å². The maximum Gasteiger partial charge on any atom is 0.0782 e. The average molecular weight is 174 g/mol. The summed E-state index contributed by atoms with van der Waals surface area (Å²) in [6, 6.07) is 11.8. The van der Waals surface area contributed by atoms with E-state index in [9.17, 15) is 0 Å². The maximum absolute atomic E-state index is 2.34. The number of hydrogen-bond acceptors (Lipinski definition) is 0. The molecule has 0 bridgehead atoms. The van der Waals surface area contributed by atoms with E-state index in [1.165, 1.54) is 17.7 Å². The number of benzene rings is 1. The molecule has 0 saturated carbocycles. The molecule has 12 heavy (non-hydrogen) atoms. The van der Waals surface area contributed by atoms with Crippen LogP contribution in [-0.2, 0) is 0 Å². The predicted octanol–water partition coefficient (Wildman–Crippen LogP) is 2.00. The quantitative estimate of drug-likeness (QED) is 0.451. The van der Waals surface area contributed by atoms with Crippen molar-refractivity contribution in [2.75, 3.05) is 0 Å². The molecule has 1 aromatic carbocycles. The maximum atomic E-state index is 2.34. The fraction of sp³-hybridized carbons (Fsp3) is 0.273. The molecule has 1 heteroatoms. The molecule has 0 saturated heterocycles. The van der Waals surface area contributed by atoms with Gasteiger partial charge in [-0.15, -0.1) is 0 Å². The summed E-state index contributed by atoms with van der Waals surface area (Å²) in [7, 11) is -0.571. The molecule has 62 valence electrons. The van der Waals surface area contributed by atoms with Crippen molar-refractivity contribution in [3.63, 3.8) is 0 Å². The Morgan fingerprint density at radius 2 is 1.58 bits per heavy atom. The predicted molar refractivity (Wildman–Crippen MR) is 56.7 cm³/mol. The van der Waals surface area contributed by atoms with Crippen molar-refractivity contribution < 1.29 is 0 Å². The van der Waals surface area contributed by atoms with Gasteiger partial charge in [-0.1, -0.05) is 47.2 Å². The highest BCUT2D eigenvalue weighted by Crippen LogP contribution is 2.11. The average Bonchev–Trinajstić information content (AvgIpc) is 2.58. The molecule has 0 nitrogen and oxygen atoms in total. The van der Waals surface area contributed by atoms with Crippen LogP contribution in [0.4, 0.5) is 0 Å². The van der Waals surface area contributed by atoms with Gasteiger partial charge in [-0.05, 0) is 19.0 Å². The van der Waals surface area contributed by atoms with Crippen LogP contribution in [-0.4, -0.2) is 8.80 Å². The van der Waals surface area contributed by atoms with E-state index in [1.807, 2.05) is 0 Å². The van der Waals surface area contributed by atoms with E-state index in [2.05, 4.69) is 43.3 Å². The standard InChI is InChI=1S/C11H14Si/c1-10-4-6-11(7-5-10)12-8-2-3-9-12/h2-7,12H,8-9H2,1H3. The summed E-state index contributed by atoms with van der Waals surface area (Å²) < 4.78 is 0. The first-order valence-corrected chi connectivity index (χ1v) is 6.79. The monoisotopic (exact) mass is 174 g/mol. The van der Waals surface area contributed by atoms with Gasteiger partial charge in [0.05, 0.1) is 8.80 Å². The number of allylic oxidation sites excluding steroid dienone is 2. The van der Waals surface area contributed by atoms with E-state index >= 15 is 0 Å². The molecule has 0 aromatic heterocycles. The highest BCUT2D eigenvalue weighted by Gasteiger charge is 2.13. The van der Waals surface area contributed by atoms with Crippen molar-refractivity contribution in [3.05, 3.63) is 42.0 Å². The smallest absolute Gasteiger partial charge is 0.0782 e.